The van der Waals surface area contributed by atoms with Crippen LogP contribution < -0.4 is 0 Å². The molecule has 0 aliphatic carbocycles. The van der Waals surface area contributed by atoms with Crippen LogP contribution in [0.3, 0.4) is 0 Å². The van der Waals surface area contributed by atoms with Gasteiger partial charge < -0.3 is 0 Å². The third kappa shape index (κ3) is 2.26. The van der Waals surface area contributed by atoms with Crippen LogP contribution in [0, 0.1) is 0 Å². The second-order valence-corrected chi connectivity index (χ2v) is 7.36. The lowest BCUT2D eigenvalue weighted by atomic mass is 10.0. The van der Waals surface area contributed by atoms with Crippen molar-refractivity contribution >= 4 is 43.3 Å². The van der Waals surface area contributed by atoms with E-state index in [1.165, 1.54) is 16.3 Å². The lowest BCUT2D eigenvalue weighted by Crippen LogP contribution is -1.95. The van der Waals surface area contributed by atoms with Crippen LogP contribution in [0.15, 0.2) is 71.2 Å². The summed E-state index contributed by atoms with van der Waals surface area (Å²) >= 11 is 3.50. The lowest BCUT2D eigenvalue weighted by Gasteiger charge is -2.11. The molecule has 126 valence electrons. The first kappa shape index (κ1) is 15.5. The molecule has 0 saturated heterocycles. The van der Waals surface area contributed by atoms with Gasteiger partial charge in [-0.15, -0.1) is 10.2 Å². The summed E-state index contributed by atoms with van der Waals surface area (Å²) in [6.45, 7) is 2.19. The van der Waals surface area contributed by atoms with Gasteiger partial charge in [0.05, 0.1) is 5.52 Å². The van der Waals surface area contributed by atoms with Gasteiger partial charge in [0.15, 0.2) is 11.5 Å². The average Bonchev–Trinajstić information content (AvgIpc) is 3.14. The molecular weight excluding hydrogens is 386 g/mol. The molecule has 0 aliphatic rings. The fourth-order valence-electron chi connectivity index (χ4n) is 3.60. The molecule has 0 unspecified atom stereocenters. The highest BCUT2D eigenvalue weighted by Gasteiger charge is 2.15. The first-order chi connectivity index (χ1) is 12.8. The summed E-state index contributed by atoms with van der Waals surface area (Å²) in [7, 11) is 0. The minimum atomic E-state index is 0.868. The number of hydrogen-bond acceptors (Lipinski definition) is 2. The summed E-state index contributed by atoms with van der Waals surface area (Å²) in [6, 6.07) is 23.3. The zero-order valence-corrected chi connectivity index (χ0v) is 15.9. The molecule has 0 bridgehead atoms. The standard InChI is InChI=1S/C22H16BrN3/c1-2-14-7-12-20-19(13-14)17-5-3-4-6-18(17)22-25-24-21(26(20)22)15-8-10-16(23)11-9-15/h3-13H,2H2,1H3. The number of aromatic nitrogens is 3. The minimum Gasteiger partial charge on any atom is -0.274 e. The summed E-state index contributed by atoms with van der Waals surface area (Å²) in [6.07, 6.45) is 1.02. The van der Waals surface area contributed by atoms with E-state index >= 15 is 0 Å². The number of aryl methyl sites for hydroxylation is 1. The van der Waals surface area contributed by atoms with Crippen LogP contribution in [0.25, 0.3) is 38.7 Å². The molecule has 5 aromatic rings. The largest absolute Gasteiger partial charge is 0.274 e. The highest BCUT2D eigenvalue weighted by molar-refractivity contribution is 9.10. The van der Waals surface area contributed by atoms with E-state index in [2.05, 4.69) is 92.0 Å². The molecule has 5 rings (SSSR count). The van der Waals surface area contributed by atoms with E-state index in [9.17, 15) is 0 Å². The van der Waals surface area contributed by atoms with Gasteiger partial charge in [-0.05, 0) is 41.6 Å². The molecule has 0 saturated carbocycles. The Labute approximate surface area is 159 Å². The Morgan fingerprint density at radius 1 is 0.846 bits per heavy atom. The van der Waals surface area contributed by atoms with Crippen LogP contribution in [0.5, 0.6) is 0 Å². The Bertz CT molecular complexity index is 1270. The van der Waals surface area contributed by atoms with Crippen LogP contribution in [-0.4, -0.2) is 14.6 Å². The molecule has 0 spiro atoms. The van der Waals surface area contributed by atoms with Crippen molar-refractivity contribution in [2.24, 2.45) is 0 Å². The molecule has 3 aromatic carbocycles. The maximum absolute atomic E-state index is 4.54. The number of pyridine rings is 1. The Morgan fingerprint density at radius 2 is 1.62 bits per heavy atom. The predicted molar refractivity (Wildman–Crippen MR) is 111 cm³/mol. The second kappa shape index (κ2) is 5.92. The van der Waals surface area contributed by atoms with Crippen LogP contribution in [0.4, 0.5) is 0 Å². The normalized spacial score (nSPS) is 11.6. The SMILES string of the molecule is CCc1ccc2c(c1)c1ccccc1c1nnc(-c3ccc(Br)cc3)n21. The van der Waals surface area contributed by atoms with Crippen LogP contribution in [0.2, 0.25) is 0 Å². The number of hydrogen-bond donors (Lipinski definition) is 0. The summed E-state index contributed by atoms with van der Waals surface area (Å²) in [5, 5.41) is 12.7. The van der Waals surface area contributed by atoms with Gasteiger partial charge in [0, 0.05) is 20.8 Å². The molecule has 0 atom stereocenters. The van der Waals surface area contributed by atoms with E-state index in [1.807, 2.05) is 12.1 Å². The molecule has 0 aliphatic heterocycles. The predicted octanol–water partition coefficient (Wildman–Crippen LogP) is 6.03. The summed E-state index contributed by atoms with van der Waals surface area (Å²) in [5.41, 5.74) is 4.42. The third-order valence-electron chi connectivity index (χ3n) is 4.93. The van der Waals surface area contributed by atoms with Gasteiger partial charge in [-0.3, -0.25) is 4.40 Å². The average molecular weight is 402 g/mol. The second-order valence-electron chi connectivity index (χ2n) is 6.44. The first-order valence-corrected chi connectivity index (χ1v) is 9.50. The molecule has 26 heavy (non-hydrogen) atoms. The van der Waals surface area contributed by atoms with E-state index in [4.69, 9.17) is 0 Å². The maximum Gasteiger partial charge on any atom is 0.169 e. The molecule has 2 aromatic heterocycles. The van der Waals surface area contributed by atoms with Crippen molar-refractivity contribution in [2.75, 3.05) is 0 Å². The first-order valence-electron chi connectivity index (χ1n) is 8.70. The smallest absolute Gasteiger partial charge is 0.169 e. The molecule has 3 nitrogen and oxygen atoms in total. The summed E-state index contributed by atoms with van der Waals surface area (Å²) < 4.78 is 3.23. The Kier molecular flexibility index (Phi) is 3.54. The fourth-order valence-corrected chi connectivity index (χ4v) is 3.86. The van der Waals surface area contributed by atoms with Gasteiger partial charge in [0.2, 0.25) is 0 Å². The number of nitrogens with zero attached hydrogens (tertiary/aromatic N) is 3. The van der Waals surface area contributed by atoms with E-state index in [0.717, 1.165) is 38.8 Å². The van der Waals surface area contributed by atoms with Crippen molar-refractivity contribution in [1.82, 2.24) is 14.6 Å². The molecule has 0 radical (unpaired) electrons. The van der Waals surface area contributed by atoms with Crippen LogP contribution in [-0.2, 0) is 6.42 Å². The Morgan fingerprint density at radius 3 is 2.38 bits per heavy atom. The zero-order valence-electron chi connectivity index (χ0n) is 14.3. The van der Waals surface area contributed by atoms with Gasteiger partial charge in [-0.1, -0.05) is 65.3 Å². The van der Waals surface area contributed by atoms with Crippen molar-refractivity contribution in [2.45, 2.75) is 13.3 Å². The van der Waals surface area contributed by atoms with E-state index in [1.54, 1.807) is 0 Å². The van der Waals surface area contributed by atoms with E-state index in [0.29, 0.717) is 0 Å². The van der Waals surface area contributed by atoms with Gasteiger partial charge in [0.1, 0.15) is 0 Å². The quantitative estimate of drug-likeness (QED) is 0.338. The van der Waals surface area contributed by atoms with Crippen LogP contribution in [0.1, 0.15) is 12.5 Å². The third-order valence-corrected chi connectivity index (χ3v) is 5.46. The Hall–Kier alpha value is -2.72. The van der Waals surface area contributed by atoms with Crippen molar-refractivity contribution in [3.63, 3.8) is 0 Å². The topological polar surface area (TPSA) is 30.2 Å². The zero-order chi connectivity index (χ0) is 17.7. The summed E-state index contributed by atoms with van der Waals surface area (Å²) in [4.78, 5) is 0. The lowest BCUT2D eigenvalue weighted by molar-refractivity contribution is 1.12. The molecule has 4 heteroatoms. The number of halogens is 1. The van der Waals surface area contributed by atoms with Gasteiger partial charge in [-0.2, -0.15) is 0 Å². The van der Waals surface area contributed by atoms with E-state index < -0.39 is 0 Å². The number of rotatable bonds is 2. The highest BCUT2D eigenvalue weighted by Crippen LogP contribution is 2.32. The highest BCUT2D eigenvalue weighted by atomic mass is 79.9. The van der Waals surface area contributed by atoms with Crippen LogP contribution >= 0.6 is 15.9 Å². The number of benzene rings is 3. The molecule has 0 fully saturated rings. The Balaban J connectivity index is 1.97. The monoisotopic (exact) mass is 401 g/mol. The van der Waals surface area contributed by atoms with Gasteiger partial charge >= 0.3 is 0 Å². The summed E-state index contributed by atoms with van der Waals surface area (Å²) in [5.74, 6) is 0.868. The van der Waals surface area contributed by atoms with Gasteiger partial charge in [0.25, 0.3) is 0 Å². The maximum atomic E-state index is 4.54. The minimum absolute atomic E-state index is 0.868. The fraction of sp³-hybridized carbons (Fsp3) is 0.0909. The van der Waals surface area contributed by atoms with Crippen molar-refractivity contribution < 1.29 is 0 Å². The molecule has 2 heterocycles. The molecule has 0 N–H and O–H groups in total. The van der Waals surface area contributed by atoms with Crippen molar-refractivity contribution in [3.8, 4) is 11.4 Å². The molecular formula is C22H16BrN3. The number of fused-ring (bicyclic) bond motifs is 6. The van der Waals surface area contributed by atoms with E-state index in [-0.39, 0.29) is 0 Å². The molecule has 0 amide bonds. The van der Waals surface area contributed by atoms with Crippen molar-refractivity contribution in [3.05, 3.63) is 76.8 Å². The van der Waals surface area contributed by atoms with Crippen molar-refractivity contribution in [1.29, 1.82) is 0 Å². The van der Waals surface area contributed by atoms with Gasteiger partial charge in [-0.25, -0.2) is 0 Å².